The number of rotatable bonds is 3. The first-order valence-corrected chi connectivity index (χ1v) is 5.13. The van der Waals surface area contributed by atoms with E-state index in [1.54, 1.807) is 7.05 Å². The van der Waals surface area contributed by atoms with Crippen LogP contribution in [0.5, 0.6) is 0 Å². The molecule has 0 unspecified atom stereocenters. The van der Waals surface area contributed by atoms with Gasteiger partial charge in [0.1, 0.15) is 0 Å². The standard InChI is InChI=1S/C12H14N2O2/c1-14-11(8-12(15)16-14)10(13)7-9-5-3-2-4-6-9/h2-6,8,10H,7,13H2,1H3/t10-/m0/s1. The van der Waals surface area contributed by atoms with Gasteiger partial charge in [-0.1, -0.05) is 30.3 Å². The van der Waals surface area contributed by atoms with Gasteiger partial charge >= 0.3 is 5.63 Å². The molecule has 1 atom stereocenters. The van der Waals surface area contributed by atoms with E-state index in [4.69, 9.17) is 10.3 Å². The Labute approximate surface area is 93.3 Å². The third kappa shape index (κ3) is 2.23. The Hall–Kier alpha value is -1.81. The zero-order chi connectivity index (χ0) is 11.5. The molecule has 0 spiro atoms. The van der Waals surface area contributed by atoms with Crippen molar-refractivity contribution in [3.63, 3.8) is 0 Å². The highest BCUT2D eigenvalue weighted by atomic mass is 16.5. The molecule has 2 N–H and O–H groups in total. The minimum atomic E-state index is -0.360. The molecule has 1 heterocycles. The van der Waals surface area contributed by atoms with Crippen LogP contribution in [0.4, 0.5) is 0 Å². The van der Waals surface area contributed by atoms with Crippen molar-refractivity contribution in [2.45, 2.75) is 12.5 Å². The molecular formula is C12H14N2O2. The van der Waals surface area contributed by atoms with Crippen LogP contribution < -0.4 is 11.4 Å². The van der Waals surface area contributed by atoms with Gasteiger partial charge in [-0.3, -0.25) is 0 Å². The fraction of sp³-hybridized carbons (Fsp3) is 0.250. The van der Waals surface area contributed by atoms with Crippen LogP contribution in [0.15, 0.2) is 45.7 Å². The zero-order valence-electron chi connectivity index (χ0n) is 9.09. The molecule has 0 radical (unpaired) electrons. The predicted octanol–water partition coefficient (Wildman–Crippen LogP) is 1.22. The smallest absolute Gasteiger partial charge is 0.336 e. The maximum Gasteiger partial charge on any atom is 0.357 e. The highest BCUT2D eigenvalue weighted by molar-refractivity contribution is 5.18. The first-order chi connectivity index (χ1) is 7.66. The van der Waals surface area contributed by atoms with E-state index < -0.39 is 0 Å². The van der Waals surface area contributed by atoms with Crippen LogP contribution >= 0.6 is 0 Å². The number of aryl methyl sites for hydroxylation is 1. The zero-order valence-corrected chi connectivity index (χ0v) is 9.09. The monoisotopic (exact) mass is 218 g/mol. The van der Waals surface area contributed by atoms with E-state index in [1.165, 1.54) is 10.8 Å². The average molecular weight is 218 g/mol. The lowest BCUT2D eigenvalue weighted by Gasteiger charge is -2.10. The summed E-state index contributed by atoms with van der Waals surface area (Å²) >= 11 is 0. The van der Waals surface area contributed by atoms with Crippen LogP contribution in [-0.4, -0.2) is 4.74 Å². The van der Waals surface area contributed by atoms with Gasteiger partial charge in [-0.2, -0.15) is 0 Å². The van der Waals surface area contributed by atoms with E-state index in [0.29, 0.717) is 12.1 Å². The molecule has 0 aliphatic carbocycles. The second-order valence-electron chi connectivity index (χ2n) is 3.77. The quantitative estimate of drug-likeness (QED) is 0.842. The van der Waals surface area contributed by atoms with Gasteiger partial charge in [-0.15, -0.1) is 0 Å². The van der Waals surface area contributed by atoms with Crippen molar-refractivity contribution in [2.75, 3.05) is 0 Å². The maximum atomic E-state index is 11.0. The van der Waals surface area contributed by atoms with Gasteiger partial charge in [-0.05, 0) is 12.0 Å². The summed E-state index contributed by atoms with van der Waals surface area (Å²) in [7, 11) is 1.68. The molecule has 84 valence electrons. The largest absolute Gasteiger partial charge is 0.357 e. The highest BCUT2D eigenvalue weighted by Crippen LogP contribution is 2.14. The molecule has 0 bridgehead atoms. The summed E-state index contributed by atoms with van der Waals surface area (Å²) < 4.78 is 6.28. The molecule has 4 heteroatoms. The van der Waals surface area contributed by atoms with Gasteiger partial charge < -0.3 is 10.3 Å². The molecule has 0 fully saturated rings. The molecule has 0 saturated carbocycles. The van der Waals surface area contributed by atoms with Gasteiger partial charge in [0.25, 0.3) is 0 Å². The maximum absolute atomic E-state index is 11.0. The van der Waals surface area contributed by atoms with Crippen molar-refractivity contribution in [3.05, 3.63) is 58.1 Å². The summed E-state index contributed by atoms with van der Waals surface area (Å²) in [5, 5.41) is 0. The third-order valence-electron chi connectivity index (χ3n) is 2.53. The second kappa shape index (κ2) is 4.37. The Morgan fingerprint density at radius 2 is 2.06 bits per heavy atom. The lowest BCUT2D eigenvalue weighted by molar-refractivity contribution is 0.272. The molecular weight excluding hydrogens is 204 g/mol. The number of nitrogens with zero attached hydrogens (tertiary/aromatic N) is 1. The Balaban J connectivity index is 2.18. The molecule has 1 aromatic carbocycles. The first kappa shape index (κ1) is 10.7. The van der Waals surface area contributed by atoms with E-state index in [0.717, 1.165) is 5.56 Å². The van der Waals surface area contributed by atoms with E-state index >= 15 is 0 Å². The van der Waals surface area contributed by atoms with Gasteiger partial charge in [0.2, 0.25) is 0 Å². The molecule has 0 aliphatic rings. The Kier molecular flexibility index (Phi) is 2.92. The molecule has 0 saturated heterocycles. The van der Waals surface area contributed by atoms with Gasteiger partial charge in [0.15, 0.2) is 0 Å². The Morgan fingerprint density at radius 1 is 1.38 bits per heavy atom. The Bertz CT molecular complexity index is 513. The first-order valence-electron chi connectivity index (χ1n) is 5.13. The molecule has 0 aliphatic heterocycles. The fourth-order valence-electron chi connectivity index (χ4n) is 1.74. The van der Waals surface area contributed by atoms with E-state index in [2.05, 4.69) is 0 Å². The van der Waals surface area contributed by atoms with Crippen molar-refractivity contribution < 1.29 is 4.52 Å². The van der Waals surface area contributed by atoms with Crippen LogP contribution in [0.1, 0.15) is 17.3 Å². The fourth-order valence-corrected chi connectivity index (χ4v) is 1.74. The van der Waals surface area contributed by atoms with Crippen molar-refractivity contribution in [1.82, 2.24) is 4.74 Å². The van der Waals surface area contributed by atoms with Gasteiger partial charge in [0.05, 0.1) is 11.7 Å². The summed E-state index contributed by atoms with van der Waals surface area (Å²) in [6, 6.07) is 11.1. The second-order valence-corrected chi connectivity index (χ2v) is 3.77. The molecule has 0 amide bonds. The van der Waals surface area contributed by atoms with E-state index in [-0.39, 0.29) is 11.7 Å². The number of hydrogen-bond acceptors (Lipinski definition) is 3. The number of hydrogen-bond donors (Lipinski definition) is 1. The highest BCUT2D eigenvalue weighted by Gasteiger charge is 2.12. The minimum Gasteiger partial charge on any atom is -0.336 e. The minimum absolute atomic E-state index is 0.223. The lowest BCUT2D eigenvalue weighted by Crippen LogP contribution is -2.16. The molecule has 16 heavy (non-hydrogen) atoms. The lowest BCUT2D eigenvalue weighted by atomic mass is 10.0. The summed E-state index contributed by atoms with van der Waals surface area (Å²) in [5.74, 6) is 0. The van der Waals surface area contributed by atoms with Crippen molar-refractivity contribution in [1.29, 1.82) is 0 Å². The SMILES string of the molecule is Cn1oc(=O)cc1[C@@H](N)Cc1ccccc1. The molecule has 4 nitrogen and oxygen atoms in total. The molecule has 2 rings (SSSR count). The summed E-state index contributed by atoms with van der Waals surface area (Å²) in [5.41, 5.74) is 7.52. The molecule has 2 aromatic rings. The third-order valence-corrected chi connectivity index (χ3v) is 2.53. The number of benzene rings is 1. The van der Waals surface area contributed by atoms with Crippen LogP contribution in [0.2, 0.25) is 0 Å². The topological polar surface area (TPSA) is 61.2 Å². The van der Waals surface area contributed by atoms with Crippen LogP contribution in [0, 0.1) is 0 Å². The van der Waals surface area contributed by atoms with Crippen molar-refractivity contribution >= 4 is 0 Å². The number of aromatic nitrogens is 1. The number of nitrogens with two attached hydrogens (primary N) is 1. The van der Waals surface area contributed by atoms with Gasteiger partial charge in [0, 0.05) is 13.1 Å². The summed E-state index contributed by atoms with van der Waals surface area (Å²) in [6.45, 7) is 0. The van der Waals surface area contributed by atoms with Gasteiger partial charge in [-0.25, -0.2) is 9.53 Å². The van der Waals surface area contributed by atoms with Crippen LogP contribution in [0.25, 0.3) is 0 Å². The predicted molar refractivity (Wildman–Crippen MR) is 61.0 cm³/mol. The summed E-state index contributed by atoms with van der Waals surface area (Å²) in [6.07, 6.45) is 0.688. The summed E-state index contributed by atoms with van der Waals surface area (Å²) in [4.78, 5) is 11.0. The normalized spacial score (nSPS) is 12.6. The Morgan fingerprint density at radius 3 is 2.62 bits per heavy atom. The van der Waals surface area contributed by atoms with Crippen molar-refractivity contribution in [2.24, 2.45) is 12.8 Å². The van der Waals surface area contributed by atoms with Crippen LogP contribution in [-0.2, 0) is 13.5 Å². The average Bonchev–Trinajstić information content (AvgIpc) is 2.59. The molecule has 1 aromatic heterocycles. The van der Waals surface area contributed by atoms with Crippen LogP contribution in [0.3, 0.4) is 0 Å². The van der Waals surface area contributed by atoms with Crippen molar-refractivity contribution in [3.8, 4) is 0 Å². The van der Waals surface area contributed by atoms with E-state index in [9.17, 15) is 4.79 Å². The van der Waals surface area contributed by atoms with E-state index in [1.807, 2.05) is 30.3 Å².